The normalized spacial score (nSPS) is 29.2. The van der Waals surface area contributed by atoms with Gasteiger partial charge in [-0.15, -0.1) is 0 Å². The van der Waals surface area contributed by atoms with Crippen LogP contribution in [0.3, 0.4) is 0 Å². The Bertz CT molecular complexity index is 848. The average Bonchev–Trinajstić information content (AvgIpc) is 3.35. The van der Waals surface area contributed by atoms with E-state index in [0.717, 1.165) is 35.3 Å². The molecule has 1 saturated heterocycles. The highest BCUT2D eigenvalue weighted by atomic mass is 16.5. The highest BCUT2D eigenvalue weighted by Gasteiger charge is 2.62. The second-order valence-corrected chi connectivity index (χ2v) is 8.44. The molecule has 1 aromatic carbocycles. The molecule has 1 heterocycles. The van der Waals surface area contributed by atoms with Crippen molar-refractivity contribution in [2.75, 3.05) is 6.61 Å². The minimum atomic E-state index is -1.00. The number of amides is 2. The molecule has 3 aliphatic rings. The lowest BCUT2D eigenvalue weighted by Gasteiger charge is -2.23. The Hall–Kier alpha value is -2.50. The molecule has 28 heavy (non-hydrogen) atoms. The van der Waals surface area contributed by atoms with Crippen LogP contribution in [0.25, 0.3) is 0 Å². The summed E-state index contributed by atoms with van der Waals surface area (Å²) in [6, 6.07) is 4.31. The molecule has 0 N–H and O–H groups in total. The predicted molar refractivity (Wildman–Crippen MR) is 100 cm³/mol. The summed E-state index contributed by atoms with van der Waals surface area (Å²) in [6.45, 7) is 4.97. The zero-order valence-corrected chi connectivity index (χ0v) is 16.4. The molecular weight excluding hydrogens is 358 g/mol. The van der Waals surface area contributed by atoms with E-state index in [1.165, 1.54) is 6.92 Å². The number of hydrogen-bond acceptors (Lipinski definition) is 5. The van der Waals surface area contributed by atoms with E-state index in [1.807, 2.05) is 19.9 Å². The van der Waals surface area contributed by atoms with Crippen molar-refractivity contribution < 1.29 is 23.9 Å². The summed E-state index contributed by atoms with van der Waals surface area (Å²) < 4.78 is 5.16. The van der Waals surface area contributed by atoms with Gasteiger partial charge in [0.25, 0.3) is 0 Å². The number of ketones is 1. The molecule has 0 spiro atoms. The summed E-state index contributed by atoms with van der Waals surface area (Å²) in [5.41, 5.74) is 2.54. The van der Waals surface area contributed by atoms with Crippen LogP contribution in [0.5, 0.6) is 0 Å². The van der Waals surface area contributed by atoms with Crippen LogP contribution in [0.15, 0.2) is 18.2 Å². The van der Waals surface area contributed by atoms with E-state index in [9.17, 15) is 19.2 Å². The summed E-state index contributed by atoms with van der Waals surface area (Å²) in [5.74, 6) is -1.50. The van der Waals surface area contributed by atoms with E-state index in [-0.39, 0.29) is 41.3 Å². The zero-order valence-electron chi connectivity index (χ0n) is 16.4. The number of hydrogen-bond donors (Lipinski definition) is 0. The minimum absolute atomic E-state index is 0.243. The molecular formula is C22H25NO5. The van der Waals surface area contributed by atoms with Gasteiger partial charge in [-0.05, 0) is 69.1 Å². The Morgan fingerprint density at radius 3 is 2.25 bits per heavy atom. The molecule has 1 aromatic rings. The summed E-state index contributed by atoms with van der Waals surface area (Å²) >= 11 is 0. The highest BCUT2D eigenvalue weighted by molar-refractivity contribution is 6.08. The first-order valence-electron chi connectivity index (χ1n) is 9.93. The smallest absolute Gasteiger partial charge is 0.329 e. The number of ether oxygens (including phenoxy) is 1. The van der Waals surface area contributed by atoms with Crippen LogP contribution in [0.4, 0.5) is 0 Å². The molecule has 0 unspecified atom stereocenters. The number of benzene rings is 1. The van der Waals surface area contributed by atoms with Gasteiger partial charge in [-0.1, -0.05) is 12.1 Å². The highest BCUT2D eigenvalue weighted by Crippen LogP contribution is 2.56. The molecule has 6 heteroatoms. The maximum atomic E-state index is 12.8. The molecule has 148 valence electrons. The summed E-state index contributed by atoms with van der Waals surface area (Å²) in [5, 5.41) is 0. The number of Topliss-reactive ketones (excluding diaryl/α,β-unsaturated/α-hetero) is 1. The molecule has 0 radical (unpaired) electrons. The first-order valence-corrected chi connectivity index (χ1v) is 9.93. The van der Waals surface area contributed by atoms with Crippen LogP contribution in [-0.2, 0) is 19.1 Å². The average molecular weight is 383 g/mol. The number of carbonyl (C=O) groups excluding carboxylic acids is 4. The van der Waals surface area contributed by atoms with Crippen LogP contribution in [-0.4, -0.2) is 41.1 Å². The fourth-order valence-electron chi connectivity index (χ4n) is 5.17. The standard InChI is InChI=1S/C22H25NO5/c1-11-4-5-14(8-12(11)2)17(24)10-28-22(27)13(3)23-20(25)18-15-6-7-16(9-15)19(18)21(23)26/h4-5,8,13,15-16,18-19H,6-7,9-10H2,1-3H3/t13-,15-,16+,18-,19-/m0/s1. The van der Waals surface area contributed by atoms with E-state index in [1.54, 1.807) is 12.1 Å². The minimum Gasteiger partial charge on any atom is -0.456 e. The quantitative estimate of drug-likeness (QED) is 0.443. The first-order chi connectivity index (χ1) is 13.3. The predicted octanol–water partition coefficient (Wildman–Crippen LogP) is 2.45. The fourth-order valence-corrected chi connectivity index (χ4v) is 5.17. The monoisotopic (exact) mass is 383 g/mol. The van der Waals surface area contributed by atoms with E-state index in [2.05, 4.69) is 0 Å². The Balaban J connectivity index is 1.40. The molecule has 6 nitrogen and oxygen atoms in total. The topological polar surface area (TPSA) is 80.8 Å². The molecule has 3 fully saturated rings. The molecule has 2 aliphatic carbocycles. The SMILES string of the molecule is Cc1ccc(C(=O)COC(=O)[C@H](C)N2C(=O)[C@H]3[C@@H]4CC[C@@H](C4)[C@@H]3C2=O)cc1C. The van der Waals surface area contributed by atoms with Crippen LogP contribution < -0.4 is 0 Å². The number of rotatable bonds is 5. The van der Waals surface area contributed by atoms with Crippen molar-refractivity contribution in [3.63, 3.8) is 0 Å². The summed E-state index contributed by atoms with van der Waals surface area (Å²) in [4.78, 5) is 51.4. The van der Waals surface area contributed by atoms with Gasteiger partial charge in [-0.3, -0.25) is 19.3 Å². The number of carbonyl (C=O) groups is 4. The lowest BCUT2D eigenvalue weighted by molar-refractivity contribution is -0.157. The zero-order chi connectivity index (χ0) is 20.2. The van der Waals surface area contributed by atoms with E-state index < -0.39 is 18.6 Å². The van der Waals surface area contributed by atoms with E-state index in [0.29, 0.717) is 5.56 Å². The number of likely N-dealkylation sites (tertiary alicyclic amines) is 1. The van der Waals surface area contributed by atoms with Crippen molar-refractivity contribution >= 4 is 23.6 Å². The maximum absolute atomic E-state index is 12.8. The Morgan fingerprint density at radius 1 is 1.07 bits per heavy atom. The van der Waals surface area contributed by atoms with Crippen molar-refractivity contribution in [3.05, 3.63) is 34.9 Å². The van der Waals surface area contributed by atoms with Crippen LogP contribution in [0.2, 0.25) is 0 Å². The van der Waals surface area contributed by atoms with Crippen LogP contribution in [0.1, 0.15) is 47.7 Å². The molecule has 5 atom stereocenters. The number of aryl methyl sites for hydroxylation is 2. The second-order valence-electron chi connectivity index (χ2n) is 8.44. The third kappa shape index (κ3) is 2.86. The number of nitrogens with zero attached hydrogens (tertiary/aromatic N) is 1. The third-order valence-electron chi connectivity index (χ3n) is 6.86. The van der Waals surface area contributed by atoms with Crippen molar-refractivity contribution in [3.8, 4) is 0 Å². The molecule has 2 bridgehead atoms. The lowest BCUT2D eigenvalue weighted by Crippen LogP contribution is -2.45. The van der Waals surface area contributed by atoms with Crippen LogP contribution >= 0.6 is 0 Å². The molecule has 2 saturated carbocycles. The molecule has 4 rings (SSSR count). The maximum Gasteiger partial charge on any atom is 0.329 e. The molecule has 1 aliphatic heterocycles. The lowest BCUT2D eigenvalue weighted by atomic mass is 9.81. The van der Waals surface area contributed by atoms with Gasteiger partial charge in [0.1, 0.15) is 6.04 Å². The number of fused-ring (bicyclic) bond motifs is 5. The van der Waals surface area contributed by atoms with Gasteiger partial charge in [-0.25, -0.2) is 4.79 Å². The van der Waals surface area contributed by atoms with E-state index >= 15 is 0 Å². The number of imide groups is 1. The second kappa shape index (κ2) is 6.83. The summed E-state index contributed by atoms with van der Waals surface area (Å²) in [6.07, 6.45) is 2.92. The Kier molecular flexibility index (Phi) is 4.60. The fraction of sp³-hybridized carbons (Fsp3) is 0.545. The van der Waals surface area contributed by atoms with Crippen molar-refractivity contribution in [1.82, 2.24) is 4.90 Å². The third-order valence-corrected chi connectivity index (χ3v) is 6.86. The van der Waals surface area contributed by atoms with Crippen molar-refractivity contribution in [2.24, 2.45) is 23.7 Å². The van der Waals surface area contributed by atoms with Crippen molar-refractivity contribution in [1.29, 1.82) is 0 Å². The van der Waals surface area contributed by atoms with Gasteiger partial charge in [-0.2, -0.15) is 0 Å². The molecule has 0 aromatic heterocycles. The largest absolute Gasteiger partial charge is 0.456 e. The van der Waals surface area contributed by atoms with Gasteiger partial charge >= 0.3 is 5.97 Å². The van der Waals surface area contributed by atoms with Gasteiger partial charge in [0, 0.05) is 5.56 Å². The van der Waals surface area contributed by atoms with E-state index in [4.69, 9.17) is 4.74 Å². The Labute approximate surface area is 164 Å². The van der Waals surface area contributed by atoms with Crippen LogP contribution in [0, 0.1) is 37.5 Å². The van der Waals surface area contributed by atoms with Gasteiger partial charge in [0.15, 0.2) is 12.4 Å². The van der Waals surface area contributed by atoms with Crippen molar-refractivity contribution in [2.45, 2.75) is 46.1 Å². The van der Waals surface area contributed by atoms with Gasteiger partial charge < -0.3 is 4.74 Å². The first kappa shape index (κ1) is 18.8. The summed E-state index contributed by atoms with van der Waals surface area (Å²) in [7, 11) is 0. The van der Waals surface area contributed by atoms with Gasteiger partial charge in [0.2, 0.25) is 11.8 Å². The number of esters is 1. The molecule has 2 amide bonds. The van der Waals surface area contributed by atoms with Gasteiger partial charge in [0.05, 0.1) is 11.8 Å². The Morgan fingerprint density at radius 2 is 1.68 bits per heavy atom.